The molecule has 0 unspecified atom stereocenters. The number of rotatable bonds is 2. The van der Waals surface area contributed by atoms with E-state index >= 15 is 0 Å². The van der Waals surface area contributed by atoms with Crippen molar-refractivity contribution in [3.05, 3.63) is 63.1 Å². The van der Waals surface area contributed by atoms with E-state index in [0.717, 1.165) is 21.1 Å². The number of halogens is 2. The summed E-state index contributed by atoms with van der Waals surface area (Å²) in [5.74, 6) is -0.228. The Morgan fingerprint density at radius 2 is 1.89 bits per heavy atom. The molecule has 2 aromatic carbocycles. The number of benzene rings is 2. The second kappa shape index (κ2) is 4.90. The van der Waals surface area contributed by atoms with Crippen LogP contribution in [0.1, 0.15) is 5.56 Å². The number of aromatic amines is 1. The Kier molecular flexibility index (Phi) is 3.24. The second-order valence-electron chi connectivity index (χ2n) is 4.30. The predicted molar refractivity (Wildman–Crippen MR) is 80.3 cm³/mol. The minimum absolute atomic E-state index is 0.228. The van der Waals surface area contributed by atoms with Gasteiger partial charge < -0.3 is 9.55 Å². The van der Waals surface area contributed by atoms with E-state index in [1.165, 1.54) is 12.1 Å². The average Bonchev–Trinajstić information content (AvgIpc) is 2.69. The van der Waals surface area contributed by atoms with Crippen molar-refractivity contribution in [2.75, 3.05) is 0 Å². The Balaban J connectivity index is 2.09. The number of imidazole rings is 1. The molecule has 1 aromatic heterocycles. The Labute approximate surface area is 123 Å². The summed E-state index contributed by atoms with van der Waals surface area (Å²) in [4.78, 5) is 3.17. The maximum atomic E-state index is 12.9. The van der Waals surface area contributed by atoms with Gasteiger partial charge in [0.05, 0.1) is 17.6 Å². The van der Waals surface area contributed by atoms with E-state index in [4.69, 9.17) is 12.2 Å². The number of nitrogens with one attached hydrogen (secondary N) is 1. The van der Waals surface area contributed by atoms with Crippen LogP contribution in [0.2, 0.25) is 0 Å². The first-order valence-corrected chi connectivity index (χ1v) is 6.96. The molecule has 0 amide bonds. The molecule has 3 rings (SSSR count). The first-order chi connectivity index (χ1) is 9.13. The van der Waals surface area contributed by atoms with Crippen LogP contribution in [0.4, 0.5) is 4.39 Å². The highest BCUT2D eigenvalue weighted by molar-refractivity contribution is 9.10. The number of hydrogen-bond acceptors (Lipinski definition) is 1. The molecule has 2 nitrogen and oxygen atoms in total. The van der Waals surface area contributed by atoms with E-state index < -0.39 is 0 Å². The third-order valence-electron chi connectivity index (χ3n) is 2.99. The van der Waals surface area contributed by atoms with Gasteiger partial charge in [-0.05, 0) is 48.1 Å². The number of fused-ring (bicyclic) bond motifs is 1. The van der Waals surface area contributed by atoms with Crippen LogP contribution < -0.4 is 0 Å². The molecule has 3 aromatic rings. The standard InChI is InChI=1S/C14H10BrFN2S/c15-10-3-6-12-13(7-10)18(14(19)17-12)8-9-1-4-11(16)5-2-9/h1-7H,8H2,(H,17,19). The van der Waals surface area contributed by atoms with Crippen molar-refractivity contribution >= 4 is 39.2 Å². The van der Waals surface area contributed by atoms with E-state index in [1.807, 2.05) is 22.8 Å². The Morgan fingerprint density at radius 1 is 1.16 bits per heavy atom. The van der Waals surface area contributed by atoms with Crippen molar-refractivity contribution in [2.24, 2.45) is 0 Å². The Morgan fingerprint density at radius 3 is 2.63 bits per heavy atom. The fourth-order valence-corrected chi connectivity index (χ4v) is 2.68. The summed E-state index contributed by atoms with van der Waals surface area (Å²) in [7, 11) is 0. The predicted octanol–water partition coefficient (Wildman–Crippen LogP) is 4.65. The summed E-state index contributed by atoms with van der Waals surface area (Å²) >= 11 is 8.80. The molecule has 0 aliphatic carbocycles. The molecule has 0 saturated heterocycles. The summed E-state index contributed by atoms with van der Waals surface area (Å²) in [6.45, 7) is 0.621. The zero-order valence-corrected chi connectivity index (χ0v) is 12.3. The molecule has 0 saturated carbocycles. The van der Waals surface area contributed by atoms with Gasteiger partial charge in [-0.3, -0.25) is 0 Å². The SMILES string of the molecule is Fc1ccc(Cn2c(=S)[nH]c3ccc(Br)cc32)cc1. The molecule has 0 aliphatic rings. The summed E-state index contributed by atoms with van der Waals surface area (Å²) in [5, 5.41) is 0. The first kappa shape index (κ1) is 12.6. The summed E-state index contributed by atoms with van der Waals surface area (Å²) in [5.41, 5.74) is 3.04. The zero-order valence-electron chi connectivity index (χ0n) is 9.86. The Hall–Kier alpha value is -1.46. The maximum absolute atomic E-state index is 12.9. The van der Waals surface area contributed by atoms with Crippen LogP contribution in [0, 0.1) is 10.6 Å². The molecule has 96 valence electrons. The van der Waals surface area contributed by atoms with Gasteiger partial charge in [0, 0.05) is 4.47 Å². The molecule has 5 heteroatoms. The van der Waals surface area contributed by atoms with Gasteiger partial charge in [0.15, 0.2) is 4.77 Å². The van der Waals surface area contributed by atoms with E-state index in [1.54, 1.807) is 12.1 Å². The molecule has 0 fully saturated rings. The topological polar surface area (TPSA) is 20.7 Å². The third kappa shape index (κ3) is 2.48. The molecule has 0 bridgehead atoms. The maximum Gasteiger partial charge on any atom is 0.178 e. The van der Waals surface area contributed by atoms with Crippen LogP contribution in [-0.2, 0) is 6.54 Å². The van der Waals surface area contributed by atoms with Gasteiger partial charge in [0.2, 0.25) is 0 Å². The summed E-state index contributed by atoms with van der Waals surface area (Å²) in [6.07, 6.45) is 0. The van der Waals surface area contributed by atoms with Crippen molar-refractivity contribution < 1.29 is 4.39 Å². The number of nitrogens with zero attached hydrogens (tertiary/aromatic N) is 1. The van der Waals surface area contributed by atoms with Gasteiger partial charge in [-0.2, -0.15) is 0 Å². The third-order valence-corrected chi connectivity index (χ3v) is 3.81. The summed E-state index contributed by atoms with van der Waals surface area (Å²) in [6, 6.07) is 12.4. The number of hydrogen-bond donors (Lipinski definition) is 1. The van der Waals surface area contributed by atoms with E-state index in [9.17, 15) is 4.39 Å². The normalized spacial score (nSPS) is 11.1. The highest BCUT2D eigenvalue weighted by atomic mass is 79.9. The van der Waals surface area contributed by atoms with Gasteiger partial charge in [0.25, 0.3) is 0 Å². The zero-order chi connectivity index (χ0) is 13.4. The van der Waals surface area contributed by atoms with Crippen molar-refractivity contribution in [2.45, 2.75) is 6.54 Å². The molecule has 19 heavy (non-hydrogen) atoms. The lowest BCUT2D eigenvalue weighted by Gasteiger charge is -2.05. The van der Waals surface area contributed by atoms with Crippen LogP contribution in [0.5, 0.6) is 0 Å². The minimum atomic E-state index is -0.228. The lowest BCUT2D eigenvalue weighted by molar-refractivity contribution is 0.626. The second-order valence-corrected chi connectivity index (χ2v) is 5.61. The van der Waals surface area contributed by atoms with Gasteiger partial charge in [-0.1, -0.05) is 28.1 Å². The smallest absolute Gasteiger partial charge is 0.178 e. The largest absolute Gasteiger partial charge is 0.331 e. The van der Waals surface area contributed by atoms with Crippen LogP contribution >= 0.6 is 28.1 Å². The van der Waals surface area contributed by atoms with E-state index in [-0.39, 0.29) is 5.82 Å². The number of H-pyrrole nitrogens is 1. The van der Waals surface area contributed by atoms with E-state index in [2.05, 4.69) is 20.9 Å². The van der Waals surface area contributed by atoms with Crippen LogP contribution in [0.25, 0.3) is 11.0 Å². The van der Waals surface area contributed by atoms with Crippen LogP contribution in [-0.4, -0.2) is 9.55 Å². The monoisotopic (exact) mass is 336 g/mol. The van der Waals surface area contributed by atoms with Crippen LogP contribution in [0.15, 0.2) is 46.9 Å². The minimum Gasteiger partial charge on any atom is -0.331 e. The molecule has 0 spiro atoms. The van der Waals surface area contributed by atoms with Gasteiger partial charge in [-0.25, -0.2) is 4.39 Å². The van der Waals surface area contributed by atoms with Crippen molar-refractivity contribution in [1.29, 1.82) is 0 Å². The molecule has 0 atom stereocenters. The fraction of sp³-hybridized carbons (Fsp3) is 0.0714. The lowest BCUT2D eigenvalue weighted by Crippen LogP contribution is -1.99. The Bertz CT molecular complexity index is 789. The van der Waals surface area contributed by atoms with Crippen LogP contribution in [0.3, 0.4) is 0 Å². The lowest BCUT2D eigenvalue weighted by atomic mass is 10.2. The van der Waals surface area contributed by atoms with Crippen molar-refractivity contribution in [1.82, 2.24) is 9.55 Å². The molecule has 1 N–H and O–H groups in total. The molecule has 0 aliphatic heterocycles. The molecule has 0 radical (unpaired) electrons. The molecular formula is C14H10BrFN2S. The molecular weight excluding hydrogens is 327 g/mol. The quantitative estimate of drug-likeness (QED) is 0.675. The summed E-state index contributed by atoms with van der Waals surface area (Å²) < 4.78 is 16.6. The number of aromatic nitrogens is 2. The highest BCUT2D eigenvalue weighted by Crippen LogP contribution is 2.20. The first-order valence-electron chi connectivity index (χ1n) is 5.76. The fourth-order valence-electron chi connectivity index (χ4n) is 2.06. The van der Waals surface area contributed by atoms with Gasteiger partial charge in [0.1, 0.15) is 5.82 Å². The molecule has 1 heterocycles. The van der Waals surface area contributed by atoms with E-state index in [0.29, 0.717) is 11.3 Å². The van der Waals surface area contributed by atoms with Gasteiger partial charge >= 0.3 is 0 Å². The average molecular weight is 337 g/mol. The van der Waals surface area contributed by atoms with Crippen molar-refractivity contribution in [3.63, 3.8) is 0 Å². The highest BCUT2D eigenvalue weighted by Gasteiger charge is 2.05. The van der Waals surface area contributed by atoms with Crippen molar-refractivity contribution in [3.8, 4) is 0 Å². The van der Waals surface area contributed by atoms with Gasteiger partial charge in [-0.15, -0.1) is 0 Å².